The molecule has 0 aromatic carbocycles. The molecule has 1 saturated heterocycles. The molecule has 0 radical (unpaired) electrons. The minimum Gasteiger partial charge on any atom is -0.352 e. The van der Waals surface area contributed by atoms with E-state index in [1.807, 2.05) is 13.8 Å². The molecule has 1 fully saturated rings. The summed E-state index contributed by atoms with van der Waals surface area (Å²) in [5.41, 5.74) is 0. The van der Waals surface area contributed by atoms with Gasteiger partial charge in [-0.1, -0.05) is 6.92 Å². The van der Waals surface area contributed by atoms with Crippen LogP contribution in [-0.2, 0) is 9.47 Å². The number of hydrogen-bond acceptors (Lipinski definition) is 4. The largest absolute Gasteiger partial charge is 0.352 e. The molecular formula is C14H30N2O2. The molecule has 0 aliphatic carbocycles. The van der Waals surface area contributed by atoms with E-state index < -0.39 is 0 Å². The molecule has 4 nitrogen and oxygen atoms in total. The lowest BCUT2D eigenvalue weighted by atomic mass is 10.2. The van der Waals surface area contributed by atoms with Crippen molar-refractivity contribution in [2.75, 3.05) is 46.4 Å². The second-order valence-corrected chi connectivity index (χ2v) is 5.01. The first-order valence-corrected chi connectivity index (χ1v) is 7.37. The molecule has 0 bridgehead atoms. The van der Waals surface area contributed by atoms with Crippen molar-refractivity contribution in [1.29, 1.82) is 0 Å². The maximum Gasteiger partial charge on any atom is 0.170 e. The minimum absolute atomic E-state index is 0.0718. The van der Waals surface area contributed by atoms with Crippen molar-refractivity contribution >= 4 is 0 Å². The number of rotatable bonds is 7. The first kappa shape index (κ1) is 15.9. The first-order chi connectivity index (χ1) is 8.71. The molecule has 0 aromatic rings. The zero-order chi connectivity index (χ0) is 13.4. The van der Waals surface area contributed by atoms with Crippen LogP contribution in [0.2, 0.25) is 0 Å². The van der Waals surface area contributed by atoms with Crippen molar-refractivity contribution in [2.45, 2.75) is 45.9 Å². The van der Waals surface area contributed by atoms with Gasteiger partial charge in [0.05, 0.1) is 0 Å². The fourth-order valence-electron chi connectivity index (χ4n) is 2.64. The van der Waals surface area contributed by atoms with E-state index in [1.54, 1.807) is 0 Å². The maximum absolute atomic E-state index is 5.67. The minimum atomic E-state index is -0.0718. The summed E-state index contributed by atoms with van der Waals surface area (Å²) >= 11 is 0. The van der Waals surface area contributed by atoms with Crippen LogP contribution in [0.15, 0.2) is 0 Å². The van der Waals surface area contributed by atoms with Crippen LogP contribution in [0.1, 0.15) is 33.6 Å². The van der Waals surface area contributed by atoms with Crippen molar-refractivity contribution in [3.63, 3.8) is 0 Å². The van der Waals surface area contributed by atoms with Gasteiger partial charge in [0.1, 0.15) is 0 Å². The molecular weight excluding hydrogens is 228 g/mol. The van der Waals surface area contributed by atoms with Crippen LogP contribution < -0.4 is 0 Å². The van der Waals surface area contributed by atoms with Gasteiger partial charge in [0.15, 0.2) is 6.29 Å². The van der Waals surface area contributed by atoms with Gasteiger partial charge < -0.3 is 14.4 Å². The van der Waals surface area contributed by atoms with Gasteiger partial charge in [-0.25, -0.2) is 0 Å². The Morgan fingerprint density at radius 1 is 1.11 bits per heavy atom. The van der Waals surface area contributed by atoms with Crippen LogP contribution in [0.4, 0.5) is 0 Å². The molecule has 1 heterocycles. The molecule has 0 N–H and O–H groups in total. The Morgan fingerprint density at radius 3 is 2.33 bits per heavy atom. The van der Waals surface area contributed by atoms with E-state index >= 15 is 0 Å². The van der Waals surface area contributed by atoms with Gasteiger partial charge in [0.25, 0.3) is 0 Å². The Morgan fingerprint density at radius 2 is 1.78 bits per heavy atom. The van der Waals surface area contributed by atoms with Gasteiger partial charge in [0, 0.05) is 32.3 Å². The Hall–Kier alpha value is -0.160. The number of ether oxygens (including phenoxy) is 2. The average Bonchev–Trinajstić information content (AvgIpc) is 2.52. The second kappa shape index (κ2) is 8.86. The van der Waals surface area contributed by atoms with E-state index in [2.05, 4.69) is 23.8 Å². The third kappa shape index (κ3) is 5.22. The predicted molar refractivity (Wildman–Crippen MR) is 74.8 cm³/mol. The highest BCUT2D eigenvalue weighted by Crippen LogP contribution is 2.13. The average molecular weight is 258 g/mol. The Kier molecular flexibility index (Phi) is 7.82. The molecule has 18 heavy (non-hydrogen) atoms. The maximum atomic E-state index is 5.67. The standard InChI is InChI=1S/C14H30N2O2/c1-5-13-11-15(4)9-8-10-16(13)12-14(17-6-2)18-7-3/h13-14H,5-12H2,1-4H3. The van der Waals surface area contributed by atoms with Crippen molar-refractivity contribution < 1.29 is 9.47 Å². The van der Waals surface area contributed by atoms with Gasteiger partial charge in [-0.15, -0.1) is 0 Å². The lowest BCUT2D eigenvalue weighted by Crippen LogP contribution is -2.44. The number of likely N-dealkylation sites (N-methyl/N-ethyl adjacent to an activating group) is 1. The third-order valence-corrected chi connectivity index (χ3v) is 3.58. The highest BCUT2D eigenvalue weighted by molar-refractivity contribution is 4.78. The number of nitrogens with zero attached hydrogens (tertiary/aromatic N) is 2. The Labute approximate surface area is 112 Å². The summed E-state index contributed by atoms with van der Waals surface area (Å²) in [6.45, 7) is 12.2. The molecule has 1 unspecified atom stereocenters. The molecule has 108 valence electrons. The highest BCUT2D eigenvalue weighted by Gasteiger charge is 2.24. The monoisotopic (exact) mass is 258 g/mol. The topological polar surface area (TPSA) is 24.9 Å². The first-order valence-electron chi connectivity index (χ1n) is 7.37. The lowest BCUT2D eigenvalue weighted by molar-refractivity contribution is -0.150. The molecule has 0 saturated carbocycles. The van der Waals surface area contributed by atoms with Crippen LogP contribution in [0, 0.1) is 0 Å². The third-order valence-electron chi connectivity index (χ3n) is 3.58. The molecule has 0 spiro atoms. The van der Waals surface area contributed by atoms with Gasteiger partial charge in [-0.05, 0) is 46.8 Å². The summed E-state index contributed by atoms with van der Waals surface area (Å²) in [4.78, 5) is 4.98. The zero-order valence-electron chi connectivity index (χ0n) is 12.5. The second-order valence-electron chi connectivity index (χ2n) is 5.01. The zero-order valence-corrected chi connectivity index (χ0v) is 12.5. The molecule has 4 heteroatoms. The van der Waals surface area contributed by atoms with Crippen molar-refractivity contribution in [3.05, 3.63) is 0 Å². The van der Waals surface area contributed by atoms with Crippen LogP contribution in [0.3, 0.4) is 0 Å². The van der Waals surface area contributed by atoms with Crippen molar-refractivity contribution in [1.82, 2.24) is 9.80 Å². The van der Waals surface area contributed by atoms with Crippen molar-refractivity contribution in [2.24, 2.45) is 0 Å². The SMILES string of the molecule is CCOC(CN1CCCN(C)CC1CC)OCC. The lowest BCUT2D eigenvalue weighted by Gasteiger charge is -2.32. The quantitative estimate of drug-likeness (QED) is 0.650. The van der Waals surface area contributed by atoms with Gasteiger partial charge in [-0.3, -0.25) is 4.90 Å². The van der Waals surface area contributed by atoms with E-state index in [9.17, 15) is 0 Å². The van der Waals surface area contributed by atoms with Crippen LogP contribution >= 0.6 is 0 Å². The van der Waals surface area contributed by atoms with Gasteiger partial charge >= 0.3 is 0 Å². The predicted octanol–water partition coefficient (Wildman–Crippen LogP) is 1.80. The van der Waals surface area contributed by atoms with Gasteiger partial charge in [-0.2, -0.15) is 0 Å². The van der Waals surface area contributed by atoms with Crippen LogP contribution in [-0.4, -0.2) is 68.6 Å². The summed E-state index contributed by atoms with van der Waals surface area (Å²) in [7, 11) is 2.22. The molecule has 0 aromatic heterocycles. The Bertz CT molecular complexity index is 208. The fraction of sp³-hybridized carbons (Fsp3) is 1.00. The summed E-state index contributed by atoms with van der Waals surface area (Å²) in [6.07, 6.45) is 2.35. The fourth-order valence-corrected chi connectivity index (χ4v) is 2.64. The van der Waals surface area contributed by atoms with Crippen molar-refractivity contribution in [3.8, 4) is 0 Å². The molecule has 1 aliphatic heterocycles. The van der Waals surface area contributed by atoms with E-state index in [0.29, 0.717) is 6.04 Å². The van der Waals surface area contributed by atoms with E-state index in [1.165, 1.54) is 19.4 Å². The summed E-state index contributed by atoms with van der Waals surface area (Å²) in [5.74, 6) is 0. The number of hydrogen-bond donors (Lipinski definition) is 0. The summed E-state index contributed by atoms with van der Waals surface area (Å²) in [5, 5.41) is 0. The highest BCUT2D eigenvalue weighted by atomic mass is 16.7. The van der Waals surface area contributed by atoms with Gasteiger partial charge in [0.2, 0.25) is 0 Å². The summed E-state index contributed by atoms with van der Waals surface area (Å²) < 4.78 is 11.3. The summed E-state index contributed by atoms with van der Waals surface area (Å²) in [6, 6.07) is 0.626. The van der Waals surface area contributed by atoms with E-state index in [4.69, 9.17) is 9.47 Å². The molecule has 1 atom stereocenters. The normalized spacial score (nSPS) is 23.5. The van der Waals surface area contributed by atoms with Crippen LogP contribution in [0.25, 0.3) is 0 Å². The van der Waals surface area contributed by atoms with Crippen LogP contribution in [0.5, 0.6) is 0 Å². The molecule has 1 rings (SSSR count). The van der Waals surface area contributed by atoms with E-state index in [0.717, 1.165) is 32.8 Å². The molecule has 0 amide bonds. The molecule has 1 aliphatic rings. The Balaban J connectivity index is 2.54. The smallest absolute Gasteiger partial charge is 0.170 e. The van der Waals surface area contributed by atoms with E-state index in [-0.39, 0.29) is 6.29 Å².